The zero-order valence-corrected chi connectivity index (χ0v) is 26.7. The van der Waals surface area contributed by atoms with Gasteiger partial charge in [0.2, 0.25) is 0 Å². The van der Waals surface area contributed by atoms with Crippen LogP contribution < -0.4 is 10.0 Å². The molecule has 2 N–H and O–H groups in total. The second-order valence-corrected chi connectivity index (χ2v) is 13.3. The molecule has 0 bridgehead atoms. The molecule has 3 aliphatic rings. The molecule has 0 unspecified atom stereocenters. The van der Waals surface area contributed by atoms with E-state index in [9.17, 15) is 18.0 Å². The molecule has 2 heterocycles. The highest BCUT2D eigenvalue weighted by Crippen LogP contribution is 2.48. The van der Waals surface area contributed by atoms with Crippen molar-refractivity contribution in [2.24, 2.45) is 0 Å². The van der Waals surface area contributed by atoms with Gasteiger partial charge in [0, 0.05) is 40.5 Å². The topological polar surface area (TPSA) is 123 Å². The van der Waals surface area contributed by atoms with Crippen molar-refractivity contribution in [1.82, 2.24) is 19.6 Å². The first-order chi connectivity index (χ1) is 21.2. The zero-order valence-electron chi connectivity index (χ0n) is 24.3. The molecule has 1 aromatic heterocycles. The van der Waals surface area contributed by atoms with E-state index >= 15 is 0 Å². The fourth-order valence-corrected chi connectivity index (χ4v) is 7.39. The summed E-state index contributed by atoms with van der Waals surface area (Å²) in [7, 11) is -2.49. The largest absolute Gasteiger partial charge is 0.472 e. The van der Waals surface area contributed by atoms with Crippen LogP contribution in [0.15, 0.2) is 87.0 Å². The van der Waals surface area contributed by atoms with Crippen molar-refractivity contribution in [3.05, 3.63) is 106 Å². The Morgan fingerprint density at radius 3 is 2.43 bits per heavy atom. The Balaban J connectivity index is 1.51. The van der Waals surface area contributed by atoms with Gasteiger partial charge in [0.1, 0.15) is 11.5 Å². The molecule has 44 heavy (non-hydrogen) atoms. The molecular weight excluding hydrogens is 644 g/mol. The van der Waals surface area contributed by atoms with Gasteiger partial charge in [0.05, 0.1) is 29.7 Å². The maximum Gasteiger partial charge on any atom is 0.269 e. The summed E-state index contributed by atoms with van der Waals surface area (Å²) >= 11 is 3.77. The SMILES string of the molecule is CCCc1nc(C2CC2)c(C(=O)NC)n1Cc1c2ccocc-2c(Br)c1-c1ccccc1C(=O)NS(=O)(=O)c1ccccc1. The fourth-order valence-electron chi connectivity index (χ4n) is 5.64. The lowest BCUT2D eigenvalue weighted by molar-refractivity contribution is 0.0950. The number of fused-ring (bicyclic) bond motifs is 1. The maximum absolute atomic E-state index is 13.6. The molecule has 0 saturated heterocycles. The van der Waals surface area contributed by atoms with Crippen LogP contribution in [0, 0.1) is 0 Å². The Labute approximate surface area is 264 Å². The summed E-state index contributed by atoms with van der Waals surface area (Å²) in [6, 6.07) is 16.5. The standard InChI is InChI=1S/C33H31BrN4O5S/c1-3-9-27-36-30(20-14-15-20)31(33(40)35-2)38(27)18-25-22-16-17-43-19-26(22)29(34)28(25)23-12-7-8-13-24(23)32(39)37-44(41,42)21-10-5-4-6-11-21/h4-8,10-13,16-17,19-20H,3,9,14-15,18H2,1-2H3,(H,35,40)(H,37,39). The monoisotopic (exact) mass is 674 g/mol. The van der Waals surface area contributed by atoms with Crippen LogP contribution in [0.1, 0.15) is 70.0 Å². The Kier molecular flexibility index (Phi) is 8.17. The van der Waals surface area contributed by atoms with Crippen molar-refractivity contribution in [1.29, 1.82) is 0 Å². The highest BCUT2D eigenvalue weighted by molar-refractivity contribution is 9.10. The minimum Gasteiger partial charge on any atom is -0.472 e. The molecule has 1 saturated carbocycles. The average Bonchev–Trinajstić information content (AvgIpc) is 3.77. The van der Waals surface area contributed by atoms with Gasteiger partial charge in [0.25, 0.3) is 21.8 Å². The number of sulfonamides is 1. The van der Waals surface area contributed by atoms with Crippen LogP contribution in [0.3, 0.4) is 0 Å². The number of rotatable bonds is 10. The van der Waals surface area contributed by atoms with Gasteiger partial charge in [-0.2, -0.15) is 0 Å². The number of aryl methyl sites for hydroxylation is 1. The number of hydrogen-bond acceptors (Lipinski definition) is 6. The summed E-state index contributed by atoms with van der Waals surface area (Å²) in [5.41, 5.74) is 5.30. The number of amides is 2. The van der Waals surface area contributed by atoms with Crippen molar-refractivity contribution >= 4 is 37.8 Å². The van der Waals surface area contributed by atoms with E-state index < -0.39 is 15.9 Å². The van der Waals surface area contributed by atoms with Gasteiger partial charge < -0.3 is 14.3 Å². The van der Waals surface area contributed by atoms with E-state index in [-0.39, 0.29) is 22.3 Å². The number of halogens is 1. The molecule has 9 nitrogen and oxygen atoms in total. The highest BCUT2D eigenvalue weighted by atomic mass is 79.9. The maximum atomic E-state index is 13.6. The fraction of sp³-hybridized carbons (Fsp3) is 0.242. The van der Waals surface area contributed by atoms with Crippen LogP contribution in [0.2, 0.25) is 0 Å². The third-order valence-electron chi connectivity index (χ3n) is 7.86. The molecule has 0 spiro atoms. The summed E-state index contributed by atoms with van der Waals surface area (Å²) in [6.07, 6.45) is 6.76. The number of benzene rings is 2. The highest BCUT2D eigenvalue weighted by Gasteiger charge is 2.35. The third kappa shape index (κ3) is 5.46. The van der Waals surface area contributed by atoms with Gasteiger partial charge in [-0.1, -0.05) is 43.3 Å². The molecule has 0 radical (unpaired) electrons. The van der Waals surface area contributed by atoms with Gasteiger partial charge in [0.15, 0.2) is 0 Å². The summed E-state index contributed by atoms with van der Waals surface area (Å²) in [5, 5.41) is 2.80. The Bertz CT molecular complexity index is 1940. The molecular formula is C33H31BrN4O5S. The number of hydrogen-bond donors (Lipinski definition) is 2. The Morgan fingerprint density at radius 2 is 1.73 bits per heavy atom. The Hall–Kier alpha value is -4.22. The van der Waals surface area contributed by atoms with E-state index in [0.29, 0.717) is 34.3 Å². The van der Waals surface area contributed by atoms with Crippen molar-refractivity contribution in [2.45, 2.75) is 50.0 Å². The van der Waals surface area contributed by atoms with Gasteiger partial charge in [-0.3, -0.25) is 9.59 Å². The van der Waals surface area contributed by atoms with Crippen molar-refractivity contribution < 1.29 is 22.4 Å². The van der Waals surface area contributed by atoms with Gasteiger partial charge >= 0.3 is 0 Å². The molecule has 1 fully saturated rings. The summed E-state index contributed by atoms with van der Waals surface area (Å²) in [6.45, 7) is 2.38. The zero-order chi connectivity index (χ0) is 31.0. The minimum atomic E-state index is -4.11. The van der Waals surface area contributed by atoms with Crippen LogP contribution in [-0.4, -0.2) is 36.8 Å². The van der Waals surface area contributed by atoms with Gasteiger partial charge in [-0.25, -0.2) is 18.1 Å². The number of carbonyl (C=O) groups is 2. The van der Waals surface area contributed by atoms with Crippen molar-refractivity contribution in [3.8, 4) is 22.3 Å². The first kappa shape index (κ1) is 29.8. The normalized spacial score (nSPS) is 13.2. The lowest BCUT2D eigenvalue weighted by atomic mass is 9.97. The van der Waals surface area contributed by atoms with E-state index in [2.05, 4.69) is 32.9 Å². The average molecular weight is 676 g/mol. The van der Waals surface area contributed by atoms with E-state index in [1.165, 1.54) is 12.1 Å². The smallest absolute Gasteiger partial charge is 0.269 e. The molecule has 2 aromatic carbocycles. The predicted molar refractivity (Wildman–Crippen MR) is 170 cm³/mol. The molecule has 3 aromatic rings. The second-order valence-electron chi connectivity index (χ2n) is 10.8. The minimum absolute atomic E-state index is 0.00915. The first-order valence-electron chi connectivity index (χ1n) is 14.4. The van der Waals surface area contributed by atoms with E-state index in [1.807, 2.05) is 10.6 Å². The summed E-state index contributed by atoms with van der Waals surface area (Å²) in [4.78, 5) is 31.9. The van der Waals surface area contributed by atoms with Gasteiger partial charge in [-0.05, 0) is 76.1 Å². The Morgan fingerprint density at radius 1 is 1.00 bits per heavy atom. The van der Waals surface area contributed by atoms with Crippen LogP contribution in [-0.2, 0) is 23.0 Å². The first-order valence-corrected chi connectivity index (χ1v) is 16.7. The van der Waals surface area contributed by atoms with E-state index in [1.54, 1.807) is 62.0 Å². The third-order valence-corrected chi connectivity index (χ3v) is 10.0. The van der Waals surface area contributed by atoms with Crippen LogP contribution in [0.25, 0.3) is 22.3 Å². The predicted octanol–water partition coefficient (Wildman–Crippen LogP) is 6.37. The van der Waals surface area contributed by atoms with E-state index in [4.69, 9.17) is 9.40 Å². The summed E-state index contributed by atoms with van der Waals surface area (Å²) in [5.74, 6) is 0.134. The van der Waals surface area contributed by atoms with Crippen LogP contribution in [0.5, 0.6) is 0 Å². The number of carbonyl (C=O) groups excluding carboxylic acids is 2. The summed E-state index contributed by atoms with van der Waals surface area (Å²) < 4.78 is 36.6. The molecule has 0 atom stereocenters. The molecule has 11 heteroatoms. The molecule has 6 rings (SSSR count). The molecule has 1 aliphatic heterocycles. The lowest BCUT2D eigenvalue weighted by Crippen LogP contribution is -2.31. The second kappa shape index (κ2) is 12.0. The molecule has 226 valence electrons. The van der Waals surface area contributed by atoms with Crippen molar-refractivity contribution in [2.75, 3.05) is 7.05 Å². The van der Waals surface area contributed by atoms with E-state index in [0.717, 1.165) is 47.5 Å². The number of nitrogens with one attached hydrogen (secondary N) is 2. The molecule has 2 amide bonds. The number of nitrogens with zero attached hydrogens (tertiary/aromatic N) is 2. The lowest BCUT2D eigenvalue weighted by Gasteiger charge is -2.16. The van der Waals surface area contributed by atoms with Crippen LogP contribution >= 0.6 is 15.9 Å². The van der Waals surface area contributed by atoms with Crippen molar-refractivity contribution in [3.63, 3.8) is 0 Å². The number of aromatic nitrogens is 2. The van der Waals surface area contributed by atoms with Crippen LogP contribution in [0.4, 0.5) is 0 Å². The van der Waals surface area contributed by atoms with Gasteiger partial charge in [-0.15, -0.1) is 0 Å². The number of imidazole rings is 1. The quantitative estimate of drug-likeness (QED) is 0.178. The molecule has 2 aliphatic carbocycles.